The Labute approximate surface area is 175 Å². The first-order valence-electron chi connectivity index (χ1n) is 9.89. The van der Waals surface area contributed by atoms with Crippen LogP contribution >= 0.6 is 24.8 Å². The number of rotatable bonds is 1. The van der Waals surface area contributed by atoms with E-state index >= 15 is 0 Å². The Bertz CT molecular complexity index is 642. The second-order valence-corrected chi connectivity index (χ2v) is 8.52. The Morgan fingerprint density at radius 2 is 1.74 bits per heavy atom. The lowest BCUT2D eigenvalue weighted by molar-refractivity contribution is -0.141. The maximum absolute atomic E-state index is 13.4. The molecule has 2 N–H and O–H groups in total. The van der Waals surface area contributed by atoms with E-state index in [-0.39, 0.29) is 36.8 Å². The molecule has 2 saturated carbocycles. The summed E-state index contributed by atoms with van der Waals surface area (Å²) in [5, 5.41) is 0. The van der Waals surface area contributed by atoms with Crippen molar-refractivity contribution in [3.05, 3.63) is 29.8 Å². The number of para-hydroxylation sites is 1. The molecule has 1 aliphatic heterocycles. The van der Waals surface area contributed by atoms with Crippen LogP contribution in [0.5, 0.6) is 0 Å². The molecule has 2 fully saturated rings. The van der Waals surface area contributed by atoms with Gasteiger partial charge in [-0.15, -0.1) is 24.8 Å². The van der Waals surface area contributed by atoms with Gasteiger partial charge in [0, 0.05) is 43.8 Å². The van der Waals surface area contributed by atoms with Crippen LogP contribution in [0.4, 0.5) is 5.69 Å². The van der Waals surface area contributed by atoms with E-state index in [0.717, 1.165) is 25.9 Å². The number of anilines is 1. The summed E-state index contributed by atoms with van der Waals surface area (Å²) in [6.45, 7) is 3.82. The Kier molecular flexibility index (Phi) is 7.46. The number of nitrogens with zero attached hydrogens (tertiary/aromatic N) is 2. The molecule has 0 radical (unpaired) electrons. The summed E-state index contributed by atoms with van der Waals surface area (Å²) in [6, 6.07) is 9.05. The van der Waals surface area contributed by atoms with Crippen molar-refractivity contribution in [3.63, 3.8) is 0 Å². The zero-order chi connectivity index (χ0) is 17.6. The lowest BCUT2D eigenvalue weighted by Crippen LogP contribution is -2.51. The molecule has 27 heavy (non-hydrogen) atoms. The lowest BCUT2D eigenvalue weighted by atomic mass is 9.65. The number of halogens is 2. The maximum atomic E-state index is 13.4. The van der Waals surface area contributed by atoms with E-state index < -0.39 is 0 Å². The third-order valence-corrected chi connectivity index (χ3v) is 6.86. The van der Waals surface area contributed by atoms with Crippen LogP contribution in [0.3, 0.4) is 0 Å². The molecule has 1 aromatic rings. The summed E-state index contributed by atoms with van der Waals surface area (Å²) in [7, 11) is 2.13. The van der Waals surface area contributed by atoms with Gasteiger partial charge >= 0.3 is 0 Å². The third-order valence-electron chi connectivity index (χ3n) is 6.86. The highest BCUT2D eigenvalue weighted by Gasteiger charge is 2.42. The molecule has 1 amide bonds. The Morgan fingerprint density at radius 1 is 1.11 bits per heavy atom. The number of carbonyl (C=O) groups is 1. The molecule has 0 aromatic heterocycles. The third kappa shape index (κ3) is 4.23. The number of likely N-dealkylation sites (N-methyl/N-ethyl adjacent to an activating group) is 1. The molecule has 3 unspecified atom stereocenters. The van der Waals surface area contributed by atoms with Gasteiger partial charge < -0.3 is 15.5 Å². The van der Waals surface area contributed by atoms with Gasteiger partial charge in [-0.3, -0.25) is 4.79 Å². The van der Waals surface area contributed by atoms with Crippen molar-refractivity contribution in [1.82, 2.24) is 4.90 Å². The number of hydrogen-bond acceptors (Lipinski definition) is 3. The number of hydrogen-bond donors (Lipinski definition) is 1. The minimum Gasteiger partial charge on any atom is -0.372 e. The van der Waals surface area contributed by atoms with Crippen LogP contribution in [0.15, 0.2) is 24.3 Å². The lowest BCUT2D eigenvalue weighted by Gasteiger charge is -2.45. The molecule has 3 aliphatic rings. The molecule has 0 spiro atoms. The van der Waals surface area contributed by atoms with Gasteiger partial charge in [-0.25, -0.2) is 0 Å². The van der Waals surface area contributed by atoms with E-state index in [1.165, 1.54) is 30.5 Å². The van der Waals surface area contributed by atoms with Gasteiger partial charge in [0.2, 0.25) is 5.91 Å². The minimum atomic E-state index is 0. The van der Waals surface area contributed by atoms with Crippen LogP contribution in [-0.2, 0) is 11.3 Å². The van der Waals surface area contributed by atoms with E-state index in [0.29, 0.717) is 23.8 Å². The monoisotopic (exact) mass is 413 g/mol. The van der Waals surface area contributed by atoms with Crippen molar-refractivity contribution in [2.45, 2.75) is 57.7 Å². The predicted molar refractivity (Wildman–Crippen MR) is 116 cm³/mol. The summed E-state index contributed by atoms with van der Waals surface area (Å²) < 4.78 is 0. The normalized spacial score (nSPS) is 32.5. The molecule has 4 nitrogen and oxygen atoms in total. The SMILES string of the molecule is CC1CN(C)c2ccccc2CN1C(=O)C1CC2CCCC(C1)C2N.Cl.Cl. The first-order chi connectivity index (χ1) is 12.0. The van der Waals surface area contributed by atoms with E-state index in [2.05, 4.69) is 48.0 Å². The molecule has 2 bridgehead atoms. The van der Waals surface area contributed by atoms with Crippen molar-refractivity contribution in [1.29, 1.82) is 0 Å². The highest BCUT2D eigenvalue weighted by Crippen LogP contribution is 2.43. The molecular formula is C21H33Cl2N3O. The Hall–Kier alpha value is -0.970. The van der Waals surface area contributed by atoms with Gasteiger partial charge in [0.25, 0.3) is 0 Å². The summed E-state index contributed by atoms with van der Waals surface area (Å²) in [4.78, 5) is 17.9. The van der Waals surface area contributed by atoms with E-state index in [4.69, 9.17) is 5.73 Å². The molecule has 3 atom stereocenters. The molecule has 1 heterocycles. The number of benzene rings is 1. The Balaban J connectivity index is 0.00000131. The van der Waals surface area contributed by atoms with Crippen LogP contribution in [0, 0.1) is 17.8 Å². The molecule has 152 valence electrons. The van der Waals surface area contributed by atoms with Crippen molar-refractivity contribution in [3.8, 4) is 0 Å². The highest BCUT2D eigenvalue weighted by molar-refractivity contribution is 5.85. The maximum Gasteiger partial charge on any atom is 0.226 e. The first-order valence-corrected chi connectivity index (χ1v) is 9.89. The minimum absolute atomic E-state index is 0. The second-order valence-electron chi connectivity index (χ2n) is 8.52. The molecule has 6 heteroatoms. The largest absolute Gasteiger partial charge is 0.372 e. The fourth-order valence-electron chi connectivity index (χ4n) is 5.47. The van der Waals surface area contributed by atoms with Gasteiger partial charge in [0.15, 0.2) is 0 Å². The van der Waals surface area contributed by atoms with E-state index in [1.54, 1.807) is 0 Å². The van der Waals surface area contributed by atoms with Crippen LogP contribution in [0.2, 0.25) is 0 Å². The van der Waals surface area contributed by atoms with Gasteiger partial charge in [0.05, 0.1) is 0 Å². The predicted octanol–water partition coefficient (Wildman–Crippen LogP) is 3.85. The van der Waals surface area contributed by atoms with Crippen LogP contribution in [0.1, 0.15) is 44.6 Å². The second kappa shape index (κ2) is 9.02. The summed E-state index contributed by atoms with van der Waals surface area (Å²) >= 11 is 0. The average molecular weight is 414 g/mol. The smallest absolute Gasteiger partial charge is 0.226 e. The molecular weight excluding hydrogens is 381 g/mol. The topological polar surface area (TPSA) is 49.6 Å². The fourth-order valence-corrected chi connectivity index (χ4v) is 5.47. The number of nitrogens with two attached hydrogens (primary N) is 1. The zero-order valence-electron chi connectivity index (χ0n) is 16.3. The molecule has 2 aliphatic carbocycles. The van der Waals surface area contributed by atoms with Crippen LogP contribution in [0.25, 0.3) is 0 Å². The standard InChI is InChI=1S/C21H31N3O.2ClH/c1-14-12-23(2)19-9-4-3-6-17(19)13-24(14)21(25)18-10-15-7-5-8-16(11-18)20(15)22;;/h3-4,6,9,14-16,18,20H,5,7-8,10-13,22H2,1-2H3;2*1H. The van der Waals surface area contributed by atoms with Gasteiger partial charge in [-0.05, 0) is 56.1 Å². The summed E-state index contributed by atoms with van der Waals surface area (Å²) in [5.41, 5.74) is 8.94. The number of carbonyl (C=O) groups excluding carboxylic acids is 1. The Morgan fingerprint density at radius 3 is 2.41 bits per heavy atom. The molecule has 4 rings (SSSR count). The van der Waals surface area contributed by atoms with Crippen molar-refractivity contribution >= 4 is 36.4 Å². The summed E-state index contributed by atoms with van der Waals surface area (Å²) in [6.07, 6.45) is 5.71. The number of fused-ring (bicyclic) bond motifs is 3. The van der Waals surface area contributed by atoms with Crippen LogP contribution in [-0.4, -0.2) is 36.5 Å². The van der Waals surface area contributed by atoms with E-state index in [1.807, 2.05) is 0 Å². The van der Waals surface area contributed by atoms with Crippen LogP contribution < -0.4 is 10.6 Å². The van der Waals surface area contributed by atoms with Crippen molar-refractivity contribution in [2.24, 2.45) is 23.5 Å². The fraction of sp³-hybridized carbons (Fsp3) is 0.667. The summed E-state index contributed by atoms with van der Waals surface area (Å²) in [5.74, 6) is 1.65. The number of amides is 1. The van der Waals surface area contributed by atoms with Gasteiger partial charge in [0.1, 0.15) is 0 Å². The van der Waals surface area contributed by atoms with Gasteiger partial charge in [-0.1, -0.05) is 24.6 Å². The average Bonchev–Trinajstić information content (AvgIpc) is 2.71. The van der Waals surface area contributed by atoms with Crippen molar-refractivity contribution < 1.29 is 4.79 Å². The van der Waals surface area contributed by atoms with Crippen molar-refractivity contribution in [2.75, 3.05) is 18.5 Å². The highest BCUT2D eigenvalue weighted by atomic mass is 35.5. The van der Waals surface area contributed by atoms with Gasteiger partial charge in [-0.2, -0.15) is 0 Å². The zero-order valence-corrected chi connectivity index (χ0v) is 18.0. The quantitative estimate of drug-likeness (QED) is 0.760. The van der Waals surface area contributed by atoms with E-state index in [9.17, 15) is 4.79 Å². The molecule has 0 saturated heterocycles. The first kappa shape index (κ1) is 22.3. The molecule has 1 aromatic carbocycles.